The largest absolute Gasteiger partial charge is 0.264 e. The lowest BCUT2D eigenvalue weighted by atomic mass is 10.1. The van der Waals surface area contributed by atoms with Crippen LogP contribution in [0.5, 0.6) is 0 Å². The molecule has 1 saturated carbocycles. The second-order valence-corrected chi connectivity index (χ2v) is 3.15. The van der Waals surface area contributed by atoms with Crippen molar-refractivity contribution in [2.45, 2.75) is 25.2 Å². The highest BCUT2D eigenvalue weighted by molar-refractivity contribution is 5.25. The lowest BCUT2D eigenvalue weighted by Crippen LogP contribution is -1.86. The Balaban J connectivity index is 2.26. The summed E-state index contributed by atoms with van der Waals surface area (Å²) in [5.41, 5.74) is 2.67. The molecule has 1 radical (unpaired) electrons. The standard InChI is InChI=1S/C10H12N/c1-2-8-5-10(7-11-6-8)9-3-4-9/h5-7,9H,1-4H2. The number of nitrogens with zero attached hydrogens (tertiary/aromatic N) is 1. The first-order chi connectivity index (χ1) is 5.40. The van der Waals surface area contributed by atoms with Crippen LogP contribution in [-0.4, -0.2) is 4.98 Å². The average Bonchev–Trinajstić information content (AvgIpc) is 2.87. The SMILES string of the molecule is [CH2]Cc1cncc(C2CC2)c1. The molecule has 1 aliphatic carbocycles. The number of aromatic nitrogens is 1. The van der Waals surface area contributed by atoms with E-state index in [1.807, 2.05) is 12.4 Å². The van der Waals surface area contributed by atoms with Crippen molar-refractivity contribution < 1.29 is 0 Å². The molecule has 1 heterocycles. The van der Waals surface area contributed by atoms with E-state index in [1.54, 1.807) is 0 Å². The fraction of sp³-hybridized carbons (Fsp3) is 0.400. The van der Waals surface area contributed by atoms with E-state index in [2.05, 4.69) is 18.0 Å². The number of hydrogen-bond donors (Lipinski definition) is 0. The van der Waals surface area contributed by atoms with Gasteiger partial charge in [-0.15, -0.1) is 0 Å². The van der Waals surface area contributed by atoms with Crippen molar-refractivity contribution in [3.63, 3.8) is 0 Å². The zero-order chi connectivity index (χ0) is 7.68. The molecule has 0 aromatic carbocycles. The van der Waals surface area contributed by atoms with Crippen LogP contribution >= 0.6 is 0 Å². The van der Waals surface area contributed by atoms with Crippen LogP contribution in [0.2, 0.25) is 0 Å². The Morgan fingerprint density at radius 2 is 2.27 bits per heavy atom. The molecule has 11 heavy (non-hydrogen) atoms. The van der Waals surface area contributed by atoms with Gasteiger partial charge in [0.2, 0.25) is 0 Å². The van der Waals surface area contributed by atoms with Gasteiger partial charge >= 0.3 is 0 Å². The van der Waals surface area contributed by atoms with Crippen LogP contribution in [0.25, 0.3) is 0 Å². The van der Waals surface area contributed by atoms with Gasteiger partial charge in [0.1, 0.15) is 0 Å². The minimum absolute atomic E-state index is 0.814. The van der Waals surface area contributed by atoms with Crippen LogP contribution in [0, 0.1) is 6.92 Å². The van der Waals surface area contributed by atoms with Gasteiger partial charge in [-0.2, -0.15) is 0 Å². The average molecular weight is 146 g/mol. The van der Waals surface area contributed by atoms with Gasteiger partial charge in [-0.25, -0.2) is 0 Å². The third-order valence-electron chi connectivity index (χ3n) is 2.15. The number of rotatable bonds is 2. The minimum atomic E-state index is 0.814. The van der Waals surface area contributed by atoms with Crippen molar-refractivity contribution in [2.24, 2.45) is 0 Å². The van der Waals surface area contributed by atoms with E-state index in [4.69, 9.17) is 0 Å². The van der Waals surface area contributed by atoms with Gasteiger partial charge in [0.25, 0.3) is 0 Å². The predicted molar refractivity (Wildman–Crippen MR) is 45.3 cm³/mol. The normalized spacial score (nSPS) is 16.8. The molecule has 0 spiro atoms. The molecule has 1 heteroatoms. The first-order valence-electron chi connectivity index (χ1n) is 4.13. The zero-order valence-corrected chi connectivity index (χ0v) is 6.59. The van der Waals surface area contributed by atoms with Crippen LogP contribution < -0.4 is 0 Å². The lowest BCUT2D eigenvalue weighted by Gasteiger charge is -1.99. The third-order valence-corrected chi connectivity index (χ3v) is 2.15. The molecule has 1 aromatic heterocycles. The topological polar surface area (TPSA) is 12.9 Å². The Kier molecular flexibility index (Phi) is 1.65. The first kappa shape index (κ1) is 6.84. The summed E-state index contributed by atoms with van der Waals surface area (Å²) in [6, 6.07) is 2.23. The van der Waals surface area contributed by atoms with Crippen molar-refractivity contribution in [2.75, 3.05) is 0 Å². The van der Waals surface area contributed by atoms with Gasteiger partial charge < -0.3 is 0 Å². The molecule has 0 saturated heterocycles. The fourth-order valence-corrected chi connectivity index (χ4v) is 1.28. The number of hydrogen-bond acceptors (Lipinski definition) is 1. The molecule has 0 bridgehead atoms. The van der Waals surface area contributed by atoms with Crippen LogP contribution in [-0.2, 0) is 6.42 Å². The maximum atomic E-state index is 4.18. The molecule has 1 nitrogen and oxygen atoms in total. The van der Waals surface area contributed by atoms with Crippen molar-refractivity contribution in [1.82, 2.24) is 4.98 Å². The molecule has 0 aliphatic heterocycles. The quantitative estimate of drug-likeness (QED) is 0.624. The van der Waals surface area contributed by atoms with E-state index in [0.717, 1.165) is 12.3 Å². The molecule has 0 atom stereocenters. The summed E-state index contributed by atoms with van der Waals surface area (Å²) in [5, 5.41) is 0. The van der Waals surface area contributed by atoms with Gasteiger partial charge in [0.15, 0.2) is 0 Å². The van der Waals surface area contributed by atoms with Crippen molar-refractivity contribution in [1.29, 1.82) is 0 Å². The van der Waals surface area contributed by atoms with Gasteiger partial charge in [-0.05, 0) is 43.2 Å². The Bertz CT molecular complexity index is 251. The van der Waals surface area contributed by atoms with Crippen molar-refractivity contribution in [3.8, 4) is 0 Å². The molecule has 1 aromatic rings. The molecular formula is C10H12N. The monoisotopic (exact) mass is 146 g/mol. The van der Waals surface area contributed by atoms with Gasteiger partial charge in [0, 0.05) is 12.4 Å². The molecule has 2 rings (SSSR count). The molecular weight excluding hydrogens is 134 g/mol. The highest BCUT2D eigenvalue weighted by Gasteiger charge is 2.23. The van der Waals surface area contributed by atoms with Gasteiger partial charge in [-0.1, -0.05) is 6.07 Å². The summed E-state index contributed by atoms with van der Waals surface area (Å²) in [6.07, 6.45) is 7.44. The Labute approximate surface area is 67.5 Å². The van der Waals surface area contributed by atoms with Crippen LogP contribution in [0.15, 0.2) is 18.5 Å². The zero-order valence-electron chi connectivity index (χ0n) is 6.59. The second-order valence-electron chi connectivity index (χ2n) is 3.15. The second kappa shape index (κ2) is 2.65. The third kappa shape index (κ3) is 1.42. The summed E-state index contributed by atoms with van der Waals surface area (Å²) in [6.45, 7) is 3.84. The van der Waals surface area contributed by atoms with E-state index in [0.29, 0.717) is 0 Å². The molecule has 0 N–H and O–H groups in total. The Hall–Kier alpha value is -0.850. The van der Waals surface area contributed by atoms with E-state index in [-0.39, 0.29) is 0 Å². The van der Waals surface area contributed by atoms with Crippen molar-refractivity contribution >= 4 is 0 Å². The Morgan fingerprint density at radius 1 is 1.45 bits per heavy atom. The summed E-state index contributed by atoms with van der Waals surface area (Å²) in [4.78, 5) is 4.18. The van der Waals surface area contributed by atoms with Crippen LogP contribution in [0.3, 0.4) is 0 Å². The maximum absolute atomic E-state index is 4.18. The van der Waals surface area contributed by atoms with E-state index in [9.17, 15) is 0 Å². The highest BCUT2D eigenvalue weighted by Crippen LogP contribution is 2.39. The smallest absolute Gasteiger partial charge is 0.0302 e. The molecule has 0 amide bonds. The van der Waals surface area contributed by atoms with Crippen molar-refractivity contribution in [3.05, 3.63) is 36.5 Å². The first-order valence-corrected chi connectivity index (χ1v) is 4.13. The van der Waals surface area contributed by atoms with Crippen LogP contribution in [0.1, 0.15) is 29.9 Å². The molecule has 0 unspecified atom stereocenters. The summed E-state index contributed by atoms with van der Waals surface area (Å²) < 4.78 is 0. The molecule has 1 fully saturated rings. The lowest BCUT2D eigenvalue weighted by molar-refractivity contribution is 1.06. The molecule has 1 aliphatic rings. The Morgan fingerprint density at radius 3 is 2.91 bits per heavy atom. The van der Waals surface area contributed by atoms with E-state index >= 15 is 0 Å². The van der Waals surface area contributed by atoms with E-state index < -0.39 is 0 Å². The van der Waals surface area contributed by atoms with E-state index in [1.165, 1.54) is 24.0 Å². The number of pyridine rings is 1. The van der Waals surface area contributed by atoms with Crippen LogP contribution in [0.4, 0.5) is 0 Å². The summed E-state index contributed by atoms with van der Waals surface area (Å²) >= 11 is 0. The predicted octanol–water partition coefficient (Wildman–Crippen LogP) is 2.34. The fourth-order valence-electron chi connectivity index (χ4n) is 1.28. The summed E-state index contributed by atoms with van der Waals surface area (Å²) in [7, 11) is 0. The maximum Gasteiger partial charge on any atom is 0.0302 e. The minimum Gasteiger partial charge on any atom is -0.264 e. The molecule has 57 valence electrons. The highest BCUT2D eigenvalue weighted by atomic mass is 14.6. The van der Waals surface area contributed by atoms with Gasteiger partial charge in [0.05, 0.1) is 0 Å². The van der Waals surface area contributed by atoms with Gasteiger partial charge in [-0.3, -0.25) is 4.98 Å². The summed E-state index contributed by atoms with van der Waals surface area (Å²) in [5.74, 6) is 0.814.